The first kappa shape index (κ1) is 21.4. The van der Waals surface area contributed by atoms with Gasteiger partial charge in [-0.1, -0.05) is 48.0 Å². The number of amides is 1. The van der Waals surface area contributed by atoms with Gasteiger partial charge in [0, 0.05) is 6.20 Å². The van der Waals surface area contributed by atoms with Crippen molar-refractivity contribution in [3.8, 4) is 22.5 Å². The van der Waals surface area contributed by atoms with Crippen molar-refractivity contribution >= 4 is 15.7 Å². The molecule has 0 saturated heterocycles. The average molecular weight is 444 g/mol. The van der Waals surface area contributed by atoms with Gasteiger partial charge in [0.25, 0.3) is 0 Å². The zero-order valence-electron chi connectivity index (χ0n) is 17.6. The van der Waals surface area contributed by atoms with Gasteiger partial charge in [0.2, 0.25) is 15.7 Å². The number of hydrogen-bond donors (Lipinski definition) is 1. The lowest BCUT2D eigenvalue weighted by molar-refractivity contribution is 0.0997. The summed E-state index contributed by atoms with van der Waals surface area (Å²) in [5.74, 6) is -0.813. The number of benzene rings is 2. The molecule has 0 bridgehead atoms. The van der Waals surface area contributed by atoms with Crippen LogP contribution in [0.5, 0.6) is 0 Å². The summed E-state index contributed by atoms with van der Waals surface area (Å²) < 4.78 is 27.4. The van der Waals surface area contributed by atoms with Crippen LogP contribution in [0.15, 0.2) is 88.9 Å². The molecular formula is C25H21N3O3S. The highest BCUT2D eigenvalue weighted by atomic mass is 32.2. The standard InChI is InChI=1S/C25H21N3O3S/c1-16-9-11-18(12-10-16)19-14-22(21-8-3-4-13-27-21)28-23(15-19)32(30,31)24-17(2)6-5-7-20(24)25(26)29/h3-15H,1-2H3,(H2,26,29). The Kier molecular flexibility index (Phi) is 5.59. The second-order valence-corrected chi connectivity index (χ2v) is 9.31. The van der Waals surface area contributed by atoms with E-state index in [0.29, 0.717) is 22.5 Å². The maximum absolute atomic E-state index is 13.7. The Morgan fingerprint density at radius 1 is 0.844 bits per heavy atom. The zero-order valence-corrected chi connectivity index (χ0v) is 18.4. The molecule has 0 spiro atoms. The summed E-state index contributed by atoms with van der Waals surface area (Å²) in [7, 11) is -4.15. The number of aromatic nitrogens is 2. The molecule has 0 atom stereocenters. The molecule has 1 amide bonds. The second kappa shape index (κ2) is 8.36. The zero-order chi connectivity index (χ0) is 22.9. The molecule has 0 fully saturated rings. The Labute approximate surface area is 186 Å². The molecular weight excluding hydrogens is 422 g/mol. The summed E-state index contributed by atoms with van der Waals surface area (Å²) in [5.41, 5.74) is 9.39. The molecule has 4 aromatic rings. The number of carbonyl (C=O) groups is 1. The minimum absolute atomic E-state index is 0.0630. The van der Waals surface area contributed by atoms with Crippen molar-refractivity contribution in [2.45, 2.75) is 23.8 Å². The van der Waals surface area contributed by atoms with Gasteiger partial charge in [0.05, 0.1) is 21.8 Å². The van der Waals surface area contributed by atoms with Gasteiger partial charge >= 0.3 is 0 Å². The van der Waals surface area contributed by atoms with E-state index in [-0.39, 0.29) is 15.5 Å². The summed E-state index contributed by atoms with van der Waals surface area (Å²) in [6.45, 7) is 3.61. The second-order valence-electron chi connectivity index (χ2n) is 7.48. The largest absolute Gasteiger partial charge is 0.366 e. The van der Waals surface area contributed by atoms with Crippen LogP contribution in [0.2, 0.25) is 0 Å². The highest BCUT2D eigenvalue weighted by molar-refractivity contribution is 7.91. The Morgan fingerprint density at radius 2 is 1.59 bits per heavy atom. The molecule has 160 valence electrons. The van der Waals surface area contributed by atoms with Crippen LogP contribution in [0.4, 0.5) is 0 Å². The van der Waals surface area contributed by atoms with E-state index in [2.05, 4.69) is 9.97 Å². The lowest BCUT2D eigenvalue weighted by atomic mass is 10.0. The van der Waals surface area contributed by atoms with Gasteiger partial charge in [-0.3, -0.25) is 9.78 Å². The molecule has 0 aliphatic rings. The van der Waals surface area contributed by atoms with Crippen LogP contribution >= 0.6 is 0 Å². The molecule has 0 radical (unpaired) electrons. The Hall–Kier alpha value is -3.84. The Balaban J connectivity index is 1.99. The molecule has 32 heavy (non-hydrogen) atoms. The quantitative estimate of drug-likeness (QED) is 0.494. The predicted molar refractivity (Wildman–Crippen MR) is 123 cm³/mol. The van der Waals surface area contributed by atoms with E-state index in [0.717, 1.165) is 11.1 Å². The molecule has 2 heterocycles. The number of nitrogens with zero attached hydrogens (tertiary/aromatic N) is 2. The van der Waals surface area contributed by atoms with E-state index in [1.165, 1.54) is 12.1 Å². The average Bonchev–Trinajstić information content (AvgIpc) is 2.79. The lowest BCUT2D eigenvalue weighted by Crippen LogP contribution is -2.18. The molecule has 0 aliphatic carbocycles. The van der Waals surface area contributed by atoms with Gasteiger partial charge in [0.15, 0.2) is 5.03 Å². The monoisotopic (exact) mass is 443 g/mol. The van der Waals surface area contributed by atoms with E-state index in [9.17, 15) is 13.2 Å². The van der Waals surface area contributed by atoms with E-state index in [4.69, 9.17) is 5.73 Å². The number of carbonyl (C=O) groups excluding carboxylic acids is 1. The van der Waals surface area contributed by atoms with E-state index < -0.39 is 15.7 Å². The first-order valence-corrected chi connectivity index (χ1v) is 11.4. The Bertz CT molecular complexity index is 1420. The van der Waals surface area contributed by atoms with Crippen molar-refractivity contribution < 1.29 is 13.2 Å². The molecule has 2 aromatic carbocycles. The number of rotatable bonds is 5. The maximum atomic E-state index is 13.7. The van der Waals surface area contributed by atoms with Crippen LogP contribution in [0.1, 0.15) is 21.5 Å². The van der Waals surface area contributed by atoms with Crippen LogP contribution < -0.4 is 5.73 Å². The highest BCUT2D eigenvalue weighted by Gasteiger charge is 2.28. The van der Waals surface area contributed by atoms with Crippen molar-refractivity contribution in [1.29, 1.82) is 0 Å². The number of nitrogens with two attached hydrogens (primary N) is 1. The Morgan fingerprint density at radius 3 is 2.25 bits per heavy atom. The fourth-order valence-electron chi connectivity index (χ4n) is 3.51. The van der Waals surface area contributed by atoms with Crippen LogP contribution in [0.25, 0.3) is 22.5 Å². The van der Waals surface area contributed by atoms with Crippen molar-refractivity contribution in [1.82, 2.24) is 9.97 Å². The summed E-state index contributed by atoms with van der Waals surface area (Å²) in [4.78, 5) is 20.6. The molecule has 7 heteroatoms. The minimum Gasteiger partial charge on any atom is -0.366 e. The lowest BCUT2D eigenvalue weighted by Gasteiger charge is -2.14. The fraction of sp³-hybridized carbons (Fsp3) is 0.0800. The highest BCUT2D eigenvalue weighted by Crippen LogP contribution is 2.32. The summed E-state index contributed by atoms with van der Waals surface area (Å²) in [6, 6.07) is 21.1. The van der Waals surface area contributed by atoms with Gasteiger partial charge < -0.3 is 5.73 Å². The van der Waals surface area contributed by atoms with Gasteiger partial charge in [-0.05, 0) is 60.9 Å². The summed E-state index contributed by atoms with van der Waals surface area (Å²) in [5, 5.41) is -0.173. The van der Waals surface area contributed by atoms with Gasteiger partial charge in [-0.25, -0.2) is 13.4 Å². The fourth-order valence-corrected chi connectivity index (χ4v) is 5.17. The van der Waals surface area contributed by atoms with Crippen LogP contribution in [-0.2, 0) is 9.84 Å². The van der Waals surface area contributed by atoms with E-state index in [1.807, 2.05) is 37.3 Å². The van der Waals surface area contributed by atoms with Crippen molar-refractivity contribution in [3.63, 3.8) is 0 Å². The van der Waals surface area contributed by atoms with Gasteiger partial charge in [-0.15, -0.1) is 0 Å². The maximum Gasteiger partial charge on any atom is 0.250 e. The number of pyridine rings is 2. The van der Waals surface area contributed by atoms with E-state index >= 15 is 0 Å². The number of sulfone groups is 1. The third kappa shape index (κ3) is 4.02. The first-order chi connectivity index (χ1) is 15.3. The van der Waals surface area contributed by atoms with Gasteiger partial charge in [-0.2, -0.15) is 0 Å². The summed E-state index contributed by atoms with van der Waals surface area (Å²) in [6.07, 6.45) is 1.62. The predicted octanol–water partition coefficient (Wildman–Crippen LogP) is 4.36. The van der Waals surface area contributed by atoms with Crippen LogP contribution in [0.3, 0.4) is 0 Å². The third-order valence-corrected chi connectivity index (χ3v) is 6.97. The van der Waals surface area contributed by atoms with E-state index in [1.54, 1.807) is 43.5 Å². The molecule has 2 N–H and O–H groups in total. The molecule has 0 aliphatic heterocycles. The SMILES string of the molecule is Cc1ccc(-c2cc(-c3ccccn3)nc(S(=O)(=O)c3c(C)cccc3C(N)=O)c2)cc1. The van der Waals surface area contributed by atoms with Crippen molar-refractivity contribution in [2.24, 2.45) is 5.73 Å². The molecule has 6 nitrogen and oxygen atoms in total. The number of hydrogen-bond acceptors (Lipinski definition) is 5. The number of aryl methyl sites for hydroxylation is 2. The third-order valence-electron chi connectivity index (χ3n) is 5.14. The molecule has 2 aromatic heterocycles. The van der Waals surface area contributed by atoms with Crippen molar-refractivity contribution in [2.75, 3.05) is 0 Å². The minimum atomic E-state index is -4.15. The topological polar surface area (TPSA) is 103 Å². The number of primary amides is 1. The van der Waals surface area contributed by atoms with Crippen molar-refractivity contribution in [3.05, 3.63) is 95.7 Å². The molecule has 0 saturated carbocycles. The van der Waals surface area contributed by atoms with Crippen LogP contribution in [-0.4, -0.2) is 24.3 Å². The molecule has 4 rings (SSSR count). The smallest absolute Gasteiger partial charge is 0.250 e. The first-order valence-electron chi connectivity index (χ1n) is 9.92. The molecule has 0 unspecified atom stereocenters. The normalized spacial score (nSPS) is 11.3. The van der Waals surface area contributed by atoms with Gasteiger partial charge in [0.1, 0.15) is 0 Å². The summed E-state index contributed by atoms with van der Waals surface area (Å²) >= 11 is 0. The van der Waals surface area contributed by atoms with Crippen LogP contribution in [0, 0.1) is 13.8 Å².